The first-order valence-corrected chi connectivity index (χ1v) is 7.16. The van der Waals surface area contributed by atoms with Crippen molar-refractivity contribution in [2.45, 2.75) is 24.3 Å². The minimum Gasteiger partial charge on any atom is -0.370 e. The minimum absolute atomic E-state index is 0.00531. The zero-order valence-electron chi connectivity index (χ0n) is 11.2. The third-order valence-corrected chi connectivity index (χ3v) is 4.40. The van der Waals surface area contributed by atoms with Gasteiger partial charge in [-0.3, -0.25) is 0 Å². The average molecular weight is 280 g/mol. The Morgan fingerprint density at radius 2 is 2.00 bits per heavy atom. The molecular formula is C15H20ClN2O+. The maximum atomic E-state index is 9.52. The van der Waals surface area contributed by atoms with E-state index in [1.54, 1.807) is 0 Å². The Bertz CT molecular complexity index is 439. The molecule has 1 saturated heterocycles. The molecule has 1 N–H and O–H groups in total. The van der Waals surface area contributed by atoms with Gasteiger partial charge in [-0.25, -0.2) is 0 Å². The fourth-order valence-corrected chi connectivity index (χ4v) is 3.02. The Morgan fingerprint density at radius 3 is 2.53 bits per heavy atom. The van der Waals surface area contributed by atoms with Crippen LogP contribution in [0.4, 0.5) is 0 Å². The summed E-state index contributed by atoms with van der Waals surface area (Å²) >= 11 is 6.62. The number of alkyl halides is 1. The minimum atomic E-state index is -0.853. The predicted octanol–water partition coefficient (Wildman–Crippen LogP) is 1.55. The standard InChI is InChI=1S/C15H19ClN2O/c1-2-15(16,12-17)14(13-6-4-3-5-7-13)18-8-10-19-11-9-18/h3-7,14H,2,8-11H2,1H3/p+1/t14-,15-/m1/s1. The van der Waals surface area contributed by atoms with Crippen molar-refractivity contribution in [1.82, 2.24) is 0 Å². The van der Waals surface area contributed by atoms with E-state index in [0.717, 1.165) is 31.9 Å². The van der Waals surface area contributed by atoms with Crippen molar-refractivity contribution in [2.75, 3.05) is 26.3 Å². The topological polar surface area (TPSA) is 37.5 Å². The van der Waals surface area contributed by atoms with E-state index in [2.05, 4.69) is 18.2 Å². The van der Waals surface area contributed by atoms with Crippen molar-refractivity contribution < 1.29 is 9.64 Å². The molecule has 0 unspecified atom stereocenters. The third kappa shape index (κ3) is 3.09. The van der Waals surface area contributed by atoms with E-state index in [9.17, 15) is 5.26 Å². The molecule has 1 aromatic carbocycles. The molecule has 1 heterocycles. The zero-order chi connectivity index (χ0) is 13.7. The summed E-state index contributed by atoms with van der Waals surface area (Å²) in [5.74, 6) is 0. The van der Waals surface area contributed by atoms with Crippen LogP contribution in [0.15, 0.2) is 30.3 Å². The van der Waals surface area contributed by atoms with Crippen molar-refractivity contribution in [3.63, 3.8) is 0 Å². The predicted molar refractivity (Wildman–Crippen MR) is 75.2 cm³/mol. The molecule has 2 rings (SSSR count). The summed E-state index contributed by atoms with van der Waals surface area (Å²) in [6.45, 7) is 5.25. The van der Waals surface area contributed by atoms with Crippen molar-refractivity contribution in [3.8, 4) is 6.07 Å². The van der Waals surface area contributed by atoms with Gasteiger partial charge in [0.15, 0.2) is 4.87 Å². The average Bonchev–Trinajstić information content (AvgIpc) is 2.49. The first-order chi connectivity index (χ1) is 9.21. The Kier molecular flexibility index (Phi) is 4.81. The van der Waals surface area contributed by atoms with Crippen molar-refractivity contribution >= 4 is 11.6 Å². The smallest absolute Gasteiger partial charge is 0.186 e. The van der Waals surface area contributed by atoms with Gasteiger partial charge in [0.1, 0.15) is 19.1 Å². The molecule has 1 aromatic rings. The van der Waals surface area contributed by atoms with Crippen molar-refractivity contribution in [2.24, 2.45) is 0 Å². The second kappa shape index (κ2) is 6.38. The highest BCUT2D eigenvalue weighted by atomic mass is 35.5. The van der Waals surface area contributed by atoms with Gasteiger partial charge in [0, 0.05) is 5.56 Å². The highest BCUT2D eigenvalue weighted by Crippen LogP contribution is 2.32. The van der Waals surface area contributed by atoms with E-state index in [4.69, 9.17) is 16.3 Å². The summed E-state index contributed by atoms with van der Waals surface area (Å²) in [5.41, 5.74) is 1.14. The van der Waals surface area contributed by atoms with Crippen LogP contribution >= 0.6 is 11.6 Å². The number of ether oxygens (including phenoxy) is 1. The molecule has 19 heavy (non-hydrogen) atoms. The van der Waals surface area contributed by atoms with Crippen LogP contribution in [-0.4, -0.2) is 31.2 Å². The van der Waals surface area contributed by atoms with Gasteiger partial charge in [-0.1, -0.05) is 48.9 Å². The molecule has 0 aromatic heterocycles. The molecule has 4 heteroatoms. The van der Waals surface area contributed by atoms with Gasteiger partial charge in [0.2, 0.25) is 0 Å². The molecule has 102 valence electrons. The lowest BCUT2D eigenvalue weighted by atomic mass is 9.89. The molecule has 1 aliphatic rings. The van der Waals surface area contributed by atoms with E-state index < -0.39 is 4.87 Å². The van der Waals surface area contributed by atoms with Gasteiger partial charge >= 0.3 is 0 Å². The number of nitrogens with zero attached hydrogens (tertiary/aromatic N) is 1. The number of morpholine rings is 1. The first-order valence-electron chi connectivity index (χ1n) is 6.78. The summed E-state index contributed by atoms with van der Waals surface area (Å²) < 4.78 is 5.42. The highest BCUT2D eigenvalue weighted by Gasteiger charge is 2.44. The number of quaternary nitrogens is 1. The Labute approximate surface area is 119 Å². The van der Waals surface area contributed by atoms with Gasteiger partial charge in [-0.2, -0.15) is 5.26 Å². The van der Waals surface area contributed by atoms with E-state index in [1.807, 2.05) is 25.1 Å². The number of nitriles is 1. The molecule has 0 bridgehead atoms. The van der Waals surface area contributed by atoms with Gasteiger partial charge in [-0.15, -0.1) is 0 Å². The van der Waals surface area contributed by atoms with E-state index in [1.165, 1.54) is 4.90 Å². The molecule has 0 aliphatic carbocycles. The van der Waals surface area contributed by atoms with Crippen LogP contribution in [-0.2, 0) is 4.74 Å². The Hall–Kier alpha value is -1.08. The number of hydrogen-bond donors (Lipinski definition) is 1. The maximum absolute atomic E-state index is 9.52. The summed E-state index contributed by atoms with van der Waals surface area (Å²) in [6, 6.07) is 12.5. The van der Waals surface area contributed by atoms with Crippen LogP contribution in [0.2, 0.25) is 0 Å². The Balaban J connectivity index is 2.36. The quantitative estimate of drug-likeness (QED) is 0.850. The van der Waals surface area contributed by atoms with Crippen LogP contribution in [0.1, 0.15) is 24.9 Å². The van der Waals surface area contributed by atoms with Gasteiger partial charge in [-0.05, 0) is 6.42 Å². The van der Waals surface area contributed by atoms with Crippen LogP contribution in [0.3, 0.4) is 0 Å². The largest absolute Gasteiger partial charge is 0.370 e. The maximum Gasteiger partial charge on any atom is 0.186 e. The van der Waals surface area contributed by atoms with E-state index >= 15 is 0 Å². The van der Waals surface area contributed by atoms with Crippen molar-refractivity contribution in [1.29, 1.82) is 5.26 Å². The summed E-state index contributed by atoms with van der Waals surface area (Å²) in [5, 5.41) is 9.52. The fourth-order valence-electron chi connectivity index (χ4n) is 2.74. The van der Waals surface area contributed by atoms with Crippen LogP contribution in [0.5, 0.6) is 0 Å². The summed E-state index contributed by atoms with van der Waals surface area (Å²) in [4.78, 5) is 0.490. The van der Waals surface area contributed by atoms with E-state index in [-0.39, 0.29) is 6.04 Å². The number of hydrogen-bond acceptors (Lipinski definition) is 2. The molecule has 1 aliphatic heterocycles. The lowest BCUT2D eigenvalue weighted by molar-refractivity contribution is -0.940. The molecule has 0 amide bonds. The summed E-state index contributed by atoms with van der Waals surface area (Å²) in [7, 11) is 0. The SMILES string of the molecule is CC[C@@](Cl)(C#N)[C@@H](c1ccccc1)[NH+]1CCOCC1. The monoisotopic (exact) mass is 279 g/mol. The van der Waals surface area contributed by atoms with Crippen LogP contribution in [0, 0.1) is 11.3 Å². The normalized spacial score (nSPS) is 21.3. The number of nitrogens with one attached hydrogen (secondary N) is 1. The number of halogens is 1. The van der Waals surface area contributed by atoms with E-state index in [0.29, 0.717) is 6.42 Å². The molecular weight excluding hydrogens is 260 g/mol. The molecule has 2 atom stereocenters. The van der Waals surface area contributed by atoms with Gasteiger partial charge in [0.05, 0.1) is 19.3 Å². The van der Waals surface area contributed by atoms with Crippen LogP contribution in [0.25, 0.3) is 0 Å². The molecule has 1 fully saturated rings. The zero-order valence-corrected chi connectivity index (χ0v) is 12.0. The lowest BCUT2D eigenvalue weighted by Gasteiger charge is -2.37. The van der Waals surface area contributed by atoms with Gasteiger partial charge < -0.3 is 9.64 Å². The fraction of sp³-hybridized carbons (Fsp3) is 0.533. The second-order valence-corrected chi connectivity index (χ2v) is 5.62. The number of rotatable bonds is 4. The first kappa shape index (κ1) is 14.3. The second-order valence-electron chi connectivity index (χ2n) is 4.94. The third-order valence-electron chi connectivity index (χ3n) is 3.83. The van der Waals surface area contributed by atoms with Crippen LogP contribution < -0.4 is 4.90 Å². The number of benzene rings is 1. The Morgan fingerprint density at radius 1 is 1.37 bits per heavy atom. The van der Waals surface area contributed by atoms with Crippen molar-refractivity contribution in [3.05, 3.63) is 35.9 Å². The molecule has 0 spiro atoms. The molecule has 3 nitrogen and oxygen atoms in total. The highest BCUT2D eigenvalue weighted by molar-refractivity contribution is 6.26. The lowest BCUT2D eigenvalue weighted by Crippen LogP contribution is -3.15. The molecule has 0 radical (unpaired) electrons. The van der Waals surface area contributed by atoms with Gasteiger partial charge in [0.25, 0.3) is 0 Å². The summed E-state index contributed by atoms with van der Waals surface area (Å²) in [6.07, 6.45) is 0.634. The molecule has 0 saturated carbocycles.